The largest absolute Gasteiger partial charge is 0.494 e. The molecular formula is C25H29N5O6. The highest BCUT2D eigenvalue weighted by molar-refractivity contribution is 6.09. The van der Waals surface area contributed by atoms with Gasteiger partial charge in [-0.2, -0.15) is 5.21 Å². The Labute approximate surface area is 208 Å². The maximum atomic E-state index is 13.0. The van der Waals surface area contributed by atoms with E-state index in [9.17, 15) is 14.7 Å². The van der Waals surface area contributed by atoms with E-state index >= 15 is 0 Å². The normalized spacial score (nSPS) is 14.3. The molecule has 190 valence electrons. The van der Waals surface area contributed by atoms with E-state index < -0.39 is 18.0 Å². The lowest BCUT2D eigenvalue weighted by molar-refractivity contribution is 0.0692. The molecule has 0 bridgehead atoms. The lowest BCUT2D eigenvalue weighted by Gasteiger charge is -2.27. The fourth-order valence-corrected chi connectivity index (χ4v) is 3.83. The van der Waals surface area contributed by atoms with E-state index in [0.717, 1.165) is 12.8 Å². The maximum absolute atomic E-state index is 13.0. The van der Waals surface area contributed by atoms with Crippen molar-refractivity contribution >= 4 is 17.6 Å². The molecule has 11 heteroatoms. The molecule has 3 aromatic rings. The van der Waals surface area contributed by atoms with Crippen LogP contribution in [0.2, 0.25) is 0 Å². The number of anilines is 1. The molecule has 3 N–H and O–H groups in total. The van der Waals surface area contributed by atoms with Gasteiger partial charge in [-0.05, 0) is 42.8 Å². The van der Waals surface area contributed by atoms with Gasteiger partial charge in [0.15, 0.2) is 17.6 Å². The minimum atomic E-state index is -1.23. The molecule has 0 spiro atoms. The zero-order valence-corrected chi connectivity index (χ0v) is 20.0. The average Bonchev–Trinajstić information content (AvgIpc) is 3.43. The van der Waals surface area contributed by atoms with Crippen LogP contribution in [-0.2, 0) is 0 Å². The summed E-state index contributed by atoms with van der Waals surface area (Å²) in [5, 5.41) is 26.0. The first-order chi connectivity index (χ1) is 17.6. The molecule has 36 heavy (non-hydrogen) atoms. The van der Waals surface area contributed by atoms with Gasteiger partial charge in [-0.3, -0.25) is 4.79 Å². The van der Waals surface area contributed by atoms with Crippen molar-refractivity contribution in [2.45, 2.75) is 51.6 Å². The summed E-state index contributed by atoms with van der Waals surface area (Å²) < 4.78 is 17.4. The SMILES string of the molecule is CCCCCCCCOc1ccc(C(=O)Nc2c(C(=O)O)ccc3c2OC(c2nn[nH]n2)CO3)cc1. The van der Waals surface area contributed by atoms with Crippen molar-refractivity contribution < 1.29 is 28.9 Å². The number of carboxylic acid groups (broad SMARTS) is 1. The number of aromatic carboxylic acids is 1. The summed E-state index contributed by atoms with van der Waals surface area (Å²) in [6.07, 6.45) is 6.35. The highest BCUT2D eigenvalue weighted by Gasteiger charge is 2.31. The Bertz CT molecular complexity index is 1170. The zero-order chi connectivity index (χ0) is 25.3. The second kappa shape index (κ2) is 12.0. The number of aromatic nitrogens is 4. The van der Waals surface area contributed by atoms with Gasteiger partial charge in [0.05, 0.1) is 12.2 Å². The van der Waals surface area contributed by atoms with Crippen molar-refractivity contribution in [3.8, 4) is 17.2 Å². The summed E-state index contributed by atoms with van der Waals surface area (Å²) in [5.41, 5.74) is 0.183. The van der Waals surface area contributed by atoms with E-state index in [2.05, 4.69) is 32.9 Å². The van der Waals surface area contributed by atoms with Crippen molar-refractivity contribution in [3.63, 3.8) is 0 Å². The molecule has 2 aromatic carbocycles. The van der Waals surface area contributed by atoms with Crippen molar-refractivity contribution in [1.82, 2.24) is 20.6 Å². The highest BCUT2D eigenvalue weighted by atomic mass is 16.6. The molecule has 1 amide bonds. The number of H-pyrrole nitrogens is 1. The fraction of sp³-hybridized carbons (Fsp3) is 0.400. The van der Waals surface area contributed by atoms with E-state index in [0.29, 0.717) is 23.7 Å². The molecule has 0 aliphatic carbocycles. The number of hydrogen-bond acceptors (Lipinski definition) is 8. The first-order valence-corrected chi connectivity index (χ1v) is 12.0. The van der Waals surface area contributed by atoms with Crippen LogP contribution in [0, 0.1) is 0 Å². The monoisotopic (exact) mass is 495 g/mol. The lowest BCUT2D eigenvalue weighted by Crippen LogP contribution is -2.25. The quantitative estimate of drug-likeness (QED) is 0.311. The number of benzene rings is 2. The van der Waals surface area contributed by atoms with Crippen LogP contribution in [0.15, 0.2) is 36.4 Å². The molecule has 0 fully saturated rings. The van der Waals surface area contributed by atoms with Crippen molar-refractivity contribution in [1.29, 1.82) is 0 Å². The number of tetrazole rings is 1. The third-order valence-electron chi connectivity index (χ3n) is 5.77. The highest BCUT2D eigenvalue weighted by Crippen LogP contribution is 2.43. The molecule has 0 saturated heterocycles. The van der Waals surface area contributed by atoms with Gasteiger partial charge >= 0.3 is 5.97 Å². The van der Waals surface area contributed by atoms with E-state index in [1.807, 2.05) is 0 Å². The van der Waals surface area contributed by atoms with Gasteiger partial charge in [0.1, 0.15) is 18.0 Å². The second-order valence-corrected chi connectivity index (χ2v) is 8.40. The topological polar surface area (TPSA) is 149 Å². The Morgan fingerprint density at radius 1 is 1.11 bits per heavy atom. The van der Waals surface area contributed by atoms with Crippen LogP contribution in [-0.4, -0.2) is 50.8 Å². The van der Waals surface area contributed by atoms with Crippen LogP contribution in [0.1, 0.15) is 78.1 Å². The van der Waals surface area contributed by atoms with Gasteiger partial charge in [0.2, 0.25) is 5.82 Å². The number of carbonyl (C=O) groups excluding carboxylic acids is 1. The maximum Gasteiger partial charge on any atom is 0.337 e. The first-order valence-electron chi connectivity index (χ1n) is 12.0. The van der Waals surface area contributed by atoms with Gasteiger partial charge in [-0.25, -0.2) is 4.79 Å². The molecule has 2 heterocycles. The number of nitrogens with one attached hydrogen (secondary N) is 2. The summed E-state index contributed by atoms with van der Waals surface area (Å²) in [7, 11) is 0. The fourth-order valence-electron chi connectivity index (χ4n) is 3.83. The van der Waals surface area contributed by atoms with Gasteiger partial charge in [0.25, 0.3) is 5.91 Å². The van der Waals surface area contributed by atoms with E-state index in [1.54, 1.807) is 24.3 Å². The van der Waals surface area contributed by atoms with Crippen LogP contribution in [0.4, 0.5) is 5.69 Å². The number of unbranched alkanes of at least 4 members (excludes halogenated alkanes) is 5. The summed E-state index contributed by atoms with van der Waals surface area (Å²) in [6, 6.07) is 9.53. The van der Waals surface area contributed by atoms with Gasteiger partial charge in [0, 0.05) is 5.56 Å². The van der Waals surface area contributed by atoms with E-state index in [1.165, 1.54) is 37.8 Å². The molecule has 1 unspecified atom stereocenters. The number of carboxylic acids is 1. The summed E-state index contributed by atoms with van der Waals surface area (Å²) in [6.45, 7) is 2.92. The molecule has 1 aromatic heterocycles. The number of hydrogen-bond donors (Lipinski definition) is 3. The summed E-state index contributed by atoms with van der Waals surface area (Å²) in [5.74, 6) is -0.425. The summed E-state index contributed by atoms with van der Waals surface area (Å²) >= 11 is 0. The molecule has 1 atom stereocenters. The third-order valence-corrected chi connectivity index (χ3v) is 5.77. The number of fused-ring (bicyclic) bond motifs is 1. The Kier molecular flexibility index (Phi) is 8.32. The Morgan fingerprint density at radius 3 is 2.61 bits per heavy atom. The molecule has 1 aliphatic heterocycles. The number of ether oxygens (including phenoxy) is 3. The Morgan fingerprint density at radius 2 is 1.89 bits per heavy atom. The number of aromatic amines is 1. The predicted molar refractivity (Wildman–Crippen MR) is 130 cm³/mol. The standard InChI is InChI=1S/C25H29N5O6/c1-2-3-4-5-6-7-14-34-17-10-8-16(9-11-17)24(31)26-21-18(25(32)33)12-13-19-22(21)36-20(15-35-19)23-27-29-30-28-23/h8-13,20H,2-7,14-15H2,1H3,(H,26,31)(H,32,33)(H,27,28,29,30). The van der Waals surface area contributed by atoms with Crippen LogP contribution in [0.25, 0.3) is 0 Å². The van der Waals surface area contributed by atoms with Crippen LogP contribution in [0.5, 0.6) is 17.2 Å². The lowest BCUT2D eigenvalue weighted by atomic mass is 10.1. The Hall–Kier alpha value is -4.15. The van der Waals surface area contributed by atoms with Crippen LogP contribution < -0.4 is 19.5 Å². The van der Waals surface area contributed by atoms with Gasteiger partial charge in [-0.1, -0.05) is 44.2 Å². The minimum absolute atomic E-state index is 0.0124. The minimum Gasteiger partial charge on any atom is -0.494 e. The molecular weight excluding hydrogens is 466 g/mol. The van der Waals surface area contributed by atoms with Gasteiger partial charge < -0.3 is 24.6 Å². The molecule has 4 rings (SSSR count). The average molecular weight is 496 g/mol. The zero-order valence-electron chi connectivity index (χ0n) is 20.0. The van der Waals surface area contributed by atoms with E-state index in [-0.39, 0.29) is 29.4 Å². The van der Waals surface area contributed by atoms with Gasteiger partial charge in [-0.15, -0.1) is 10.2 Å². The third kappa shape index (κ3) is 6.09. The number of nitrogens with zero attached hydrogens (tertiary/aromatic N) is 3. The van der Waals surface area contributed by atoms with Crippen molar-refractivity contribution in [3.05, 3.63) is 53.3 Å². The van der Waals surface area contributed by atoms with Crippen LogP contribution in [0.3, 0.4) is 0 Å². The second-order valence-electron chi connectivity index (χ2n) is 8.40. The molecule has 0 saturated carbocycles. The molecule has 1 aliphatic rings. The van der Waals surface area contributed by atoms with E-state index in [4.69, 9.17) is 14.2 Å². The van der Waals surface area contributed by atoms with Crippen molar-refractivity contribution in [2.24, 2.45) is 0 Å². The predicted octanol–water partition coefficient (Wildman–Crippen LogP) is 4.40. The summed E-state index contributed by atoms with van der Waals surface area (Å²) in [4.78, 5) is 24.9. The van der Waals surface area contributed by atoms with Crippen molar-refractivity contribution in [2.75, 3.05) is 18.5 Å². The number of amides is 1. The van der Waals surface area contributed by atoms with Crippen LogP contribution >= 0.6 is 0 Å². The Balaban J connectivity index is 1.42. The first kappa shape index (κ1) is 25.0. The smallest absolute Gasteiger partial charge is 0.337 e. The molecule has 0 radical (unpaired) electrons. The number of rotatable bonds is 12. The molecule has 11 nitrogen and oxygen atoms in total. The number of carbonyl (C=O) groups is 2.